The van der Waals surface area contributed by atoms with Gasteiger partial charge >= 0.3 is 5.69 Å². The maximum absolute atomic E-state index is 13.0. The molecule has 0 unspecified atom stereocenters. The van der Waals surface area contributed by atoms with Crippen LogP contribution in [0.5, 0.6) is 11.5 Å². The van der Waals surface area contributed by atoms with Crippen molar-refractivity contribution in [3.05, 3.63) is 33.0 Å². The van der Waals surface area contributed by atoms with Crippen LogP contribution >= 0.6 is 0 Å². The van der Waals surface area contributed by atoms with Gasteiger partial charge in [-0.25, -0.2) is 4.79 Å². The summed E-state index contributed by atoms with van der Waals surface area (Å²) in [5, 5.41) is 3.59. The van der Waals surface area contributed by atoms with E-state index in [1.54, 1.807) is 12.1 Å². The van der Waals surface area contributed by atoms with Crippen LogP contribution in [0.2, 0.25) is 0 Å². The molecule has 1 fully saturated rings. The molecule has 8 nitrogen and oxygen atoms in total. The highest BCUT2D eigenvalue weighted by molar-refractivity contribution is 5.81. The molecule has 1 amide bonds. The molecule has 188 valence electrons. The number of carbonyl (C=O) groups is 1. The van der Waals surface area contributed by atoms with Crippen molar-refractivity contribution in [1.29, 1.82) is 0 Å². The van der Waals surface area contributed by atoms with Gasteiger partial charge in [-0.2, -0.15) is 0 Å². The summed E-state index contributed by atoms with van der Waals surface area (Å²) in [5.41, 5.74) is -0.357. The van der Waals surface area contributed by atoms with Crippen LogP contribution in [0.4, 0.5) is 0 Å². The number of fused-ring (bicyclic) bond motifs is 1. The number of amides is 1. The average Bonchev–Trinajstić information content (AvgIpc) is 2.80. The van der Waals surface area contributed by atoms with Crippen LogP contribution in [0.3, 0.4) is 0 Å². The van der Waals surface area contributed by atoms with Crippen molar-refractivity contribution in [2.24, 2.45) is 11.8 Å². The second kappa shape index (κ2) is 12.1. The van der Waals surface area contributed by atoms with E-state index in [4.69, 9.17) is 9.47 Å². The summed E-state index contributed by atoms with van der Waals surface area (Å²) in [5.74, 6) is 2.24. The highest BCUT2D eigenvalue weighted by Gasteiger charge is 2.27. The summed E-state index contributed by atoms with van der Waals surface area (Å²) in [6.07, 6.45) is 6.08. The van der Waals surface area contributed by atoms with Crippen molar-refractivity contribution in [1.82, 2.24) is 14.9 Å². The van der Waals surface area contributed by atoms with Gasteiger partial charge in [-0.05, 0) is 51.0 Å². The van der Waals surface area contributed by atoms with Gasteiger partial charge in [0.25, 0.3) is 5.56 Å². The minimum absolute atomic E-state index is 0.0974. The number of H-pyrrole nitrogens is 1. The Bertz CT molecular complexity index is 1090. The fourth-order valence-electron chi connectivity index (χ4n) is 4.80. The normalized spacial score (nSPS) is 20.3. The zero-order valence-corrected chi connectivity index (χ0v) is 20.9. The predicted octanol–water partition coefficient (Wildman–Crippen LogP) is 3.99. The maximum Gasteiger partial charge on any atom is 0.328 e. The zero-order chi connectivity index (χ0) is 24.7. The molecule has 3 atom stereocenters. The largest absolute Gasteiger partial charge is 0.490 e. The Labute approximate surface area is 201 Å². The molecule has 1 saturated carbocycles. The third-order valence-corrected chi connectivity index (χ3v) is 6.98. The van der Waals surface area contributed by atoms with Crippen molar-refractivity contribution in [3.8, 4) is 11.5 Å². The number of rotatable bonds is 11. The second-order valence-corrected chi connectivity index (χ2v) is 9.35. The lowest BCUT2D eigenvalue weighted by Crippen LogP contribution is -2.43. The maximum atomic E-state index is 13.0. The van der Waals surface area contributed by atoms with E-state index in [9.17, 15) is 14.4 Å². The van der Waals surface area contributed by atoms with Gasteiger partial charge in [0.15, 0.2) is 11.5 Å². The van der Waals surface area contributed by atoms with Crippen LogP contribution in [0.1, 0.15) is 72.6 Å². The van der Waals surface area contributed by atoms with E-state index in [0.717, 1.165) is 19.3 Å². The number of carbonyl (C=O) groups excluding carboxylic acids is 1. The Morgan fingerprint density at radius 1 is 1.06 bits per heavy atom. The van der Waals surface area contributed by atoms with Gasteiger partial charge in [-0.3, -0.25) is 14.2 Å². The van der Waals surface area contributed by atoms with Gasteiger partial charge in [0, 0.05) is 25.1 Å². The molecule has 0 bridgehead atoms. The summed E-state index contributed by atoms with van der Waals surface area (Å²) in [6.45, 7) is 9.40. The molecule has 2 N–H and O–H groups in total. The zero-order valence-electron chi connectivity index (χ0n) is 20.9. The van der Waals surface area contributed by atoms with Crippen molar-refractivity contribution < 1.29 is 14.3 Å². The van der Waals surface area contributed by atoms with Crippen LogP contribution in [0, 0.1) is 11.8 Å². The van der Waals surface area contributed by atoms with E-state index >= 15 is 0 Å². The molecule has 0 spiro atoms. The Kier molecular flexibility index (Phi) is 9.19. The summed E-state index contributed by atoms with van der Waals surface area (Å²) in [4.78, 5) is 40.7. The van der Waals surface area contributed by atoms with Gasteiger partial charge in [0.1, 0.15) is 0 Å². The van der Waals surface area contributed by atoms with E-state index in [-0.39, 0.29) is 17.5 Å². The number of benzene rings is 1. The molecule has 1 aliphatic carbocycles. The van der Waals surface area contributed by atoms with Crippen LogP contribution in [0.25, 0.3) is 10.9 Å². The molecule has 1 aliphatic rings. The highest BCUT2D eigenvalue weighted by Crippen LogP contribution is 2.31. The van der Waals surface area contributed by atoms with Crippen molar-refractivity contribution in [2.75, 3.05) is 13.2 Å². The predicted molar refractivity (Wildman–Crippen MR) is 134 cm³/mol. The van der Waals surface area contributed by atoms with Crippen LogP contribution in [-0.2, 0) is 11.3 Å². The molecule has 0 saturated heterocycles. The van der Waals surface area contributed by atoms with Gasteiger partial charge < -0.3 is 19.8 Å². The molecule has 1 aromatic carbocycles. The Balaban J connectivity index is 1.57. The van der Waals surface area contributed by atoms with Crippen molar-refractivity contribution >= 4 is 16.8 Å². The van der Waals surface area contributed by atoms with E-state index in [0.29, 0.717) is 66.8 Å². The van der Waals surface area contributed by atoms with Gasteiger partial charge in [-0.15, -0.1) is 0 Å². The first-order valence-corrected chi connectivity index (χ1v) is 12.7. The van der Waals surface area contributed by atoms with Crippen LogP contribution in [0.15, 0.2) is 21.7 Å². The van der Waals surface area contributed by atoms with Crippen LogP contribution in [-0.4, -0.2) is 34.7 Å². The van der Waals surface area contributed by atoms with E-state index < -0.39 is 5.69 Å². The number of ether oxygens (including phenoxy) is 2. The first-order valence-electron chi connectivity index (χ1n) is 12.7. The quantitative estimate of drug-likeness (QED) is 0.481. The molecule has 34 heavy (non-hydrogen) atoms. The summed E-state index contributed by atoms with van der Waals surface area (Å²) >= 11 is 0. The topological polar surface area (TPSA) is 102 Å². The molecule has 1 aromatic heterocycles. The first-order chi connectivity index (χ1) is 16.3. The van der Waals surface area contributed by atoms with Gasteiger partial charge in [0.05, 0.1) is 24.1 Å². The molecule has 8 heteroatoms. The minimum Gasteiger partial charge on any atom is -0.490 e. The van der Waals surface area contributed by atoms with E-state index in [1.807, 2.05) is 13.8 Å². The lowest BCUT2D eigenvalue weighted by molar-refractivity contribution is -0.122. The Morgan fingerprint density at radius 2 is 1.76 bits per heavy atom. The first kappa shape index (κ1) is 25.8. The fraction of sp³-hybridized carbons (Fsp3) is 0.654. The van der Waals surface area contributed by atoms with Gasteiger partial charge in [0.2, 0.25) is 5.91 Å². The van der Waals surface area contributed by atoms with E-state index in [2.05, 4.69) is 24.1 Å². The second-order valence-electron chi connectivity index (χ2n) is 9.35. The summed E-state index contributed by atoms with van der Waals surface area (Å²) in [7, 11) is 0. The molecular weight excluding hydrogens is 434 g/mol. The number of hydrogen-bond acceptors (Lipinski definition) is 5. The highest BCUT2D eigenvalue weighted by atomic mass is 16.5. The van der Waals surface area contributed by atoms with Crippen molar-refractivity contribution in [2.45, 2.75) is 85.2 Å². The minimum atomic E-state index is -0.442. The number of aromatic nitrogens is 2. The SMILES string of the molecule is CCOc1cc2[nH]c(=O)n(CCCCCC(=O)N[C@@H]3CCC[C@@H](C)[C@@H]3C)c(=O)c2cc1OCC. The van der Waals surface area contributed by atoms with Crippen molar-refractivity contribution in [3.63, 3.8) is 0 Å². The molecule has 0 aliphatic heterocycles. The fourth-order valence-corrected chi connectivity index (χ4v) is 4.80. The molecule has 3 rings (SSSR count). The van der Waals surface area contributed by atoms with Crippen LogP contribution < -0.4 is 26.0 Å². The Morgan fingerprint density at radius 3 is 2.47 bits per heavy atom. The third kappa shape index (κ3) is 6.21. The smallest absolute Gasteiger partial charge is 0.328 e. The van der Waals surface area contributed by atoms with E-state index in [1.165, 1.54) is 17.4 Å². The number of aromatic amines is 1. The molecule has 1 heterocycles. The molecule has 0 radical (unpaired) electrons. The Hall–Kier alpha value is -2.77. The lowest BCUT2D eigenvalue weighted by atomic mass is 9.78. The number of unbranched alkanes of at least 4 members (excludes halogenated alkanes) is 2. The molecular formula is C26H39N3O5. The third-order valence-electron chi connectivity index (χ3n) is 6.98. The monoisotopic (exact) mass is 473 g/mol. The number of hydrogen-bond donors (Lipinski definition) is 2. The molecule has 2 aromatic rings. The number of nitrogens with one attached hydrogen (secondary N) is 2. The lowest BCUT2D eigenvalue weighted by Gasteiger charge is -2.34. The van der Waals surface area contributed by atoms with Gasteiger partial charge in [-0.1, -0.05) is 33.1 Å². The standard InChI is InChI=1S/C26H39N3O5/c1-5-33-22-15-19-21(16-23(22)34-6-2)28-26(32)29(25(19)31)14-9-7-8-13-24(30)27-20-12-10-11-17(3)18(20)4/h15-18,20H,5-14H2,1-4H3,(H,27,30)(H,28,32)/t17-,18+,20-/m1/s1. The summed E-state index contributed by atoms with van der Waals surface area (Å²) < 4.78 is 12.4. The summed E-state index contributed by atoms with van der Waals surface area (Å²) in [6, 6.07) is 3.55. The number of nitrogens with zero attached hydrogens (tertiary/aromatic N) is 1. The average molecular weight is 474 g/mol.